The third kappa shape index (κ3) is 2.94. The summed E-state index contributed by atoms with van der Waals surface area (Å²) in [5.41, 5.74) is 1.37. The number of hydrogen-bond acceptors (Lipinski definition) is 3. The maximum Gasteiger partial charge on any atom is 0.120 e. The summed E-state index contributed by atoms with van der Waals surface area (Å²) in [6.07, 6.45) is 3.01. The normalized spacial score (nSPS) is 23.8. The summed E-state index contributed by atoms with van der Waals surface area (Å²) >= 11 is 0. The van der Waals surface area contributed by atoms with Gasteiger partial charge in [0.25, 0.3) is 0 Å². The van der Waals surface area contributed by atoms with Crippen molar-refractivity contribution in [2.45, 2.75) is 25.0 Å². The van der Waals surface area contributed by atoms with Crippen molar-refractivity contribution in [3.63, 3.8) is 0 Å². The molecule has 2 fully saturated rings. The van der Waals surface area contributed by atoms with Crippen LogP contribution in [0.3, 0.4) is 0 Å². The van der Waals surface area contributed by atoms with E-state index in [9.17, 15) is 0 Å². The molecule has 0 radical (unpaired) electrons. The fraction of sp³-hybridized carbons (Fsp3) is 0.412. The average molecular weight is 270 g/mol. The summed E-state index contributed by atoms with van der Waals surface area (Å²) < 4.78 is 16.2. The fourth-order valence-corrected chi connectivity index (χ4v) is 2.44. The third-order valence-electron chi connectivity index (χ3n) is 3.87. The van der Waals surface area contributed by atoms with Crippen molar-refractivity contribution in [2.75, 3.05) is 19.8 Å². The van der Waals surface area contributed by atoms with Crippen LogP contribution in [-0.4, -0.2) is 32.0 Å². The Morgan fingerprint density at radius 1 is 0.950 bits per heavy atom. The summed E-state index contributed by atoms with van der Waals surface area (Å²) in [5, 5.41) is 2.50. The molecule has 4 rings (SSSR count). The van der Waals surface area contributed by atoms with Crippen LogP contribution in [0.25, 0.3) is 10.8 Å². The molecule has 0 saturated carbocycles. The zero-order chi connectivity index (χ0) is 13.4. The van der Waals surface area contributed by atoms with E-state index in [4.69, 9.17) is 14.2 Å². The summed E-state index contributed by atoms with van der Waals surface area (Å²) in [6.45, 7) is 2.43. The number of benzene rings is 2. The van der Waals surface area contributed by atoms with Gasteiger partial charge in [-0.2, -0.15) is 0 Å². The van der Waals surface area contributed by atoms with Crippen LogP contribution in [0.4, 0.5) is 0 Å². The zero-order valence-electron chi connectivity index (χ0n) is 11.4. The van der Waals surface area contributed by atoms with E-state index in [1.807, 2.05) is 6.07 Å². The van der Waals surface area contributed by atoms with Gasteiger partial charge in [-0.25, -0.2) is 0 Å². The molecule has 0 N–H and O–H groups in total. The van der Waals surface area contributed by atoms with Gasteiger partial charge in [0.2, 0.25) is 0 Å². The molecule has 0 aliphatic carbocycles. The van der Waals surface area contributed by atoms with Crippen molar-refractivity contribution in [1.29, 1.82) is 0 Å². The second-order valence-electron chi connectivity index (χ2n) is 5.60. The highest BCUT2D eigenvalue weighted by Crippen LogP contribution is 2.24. The molecular weight excluding hydrogens is 252 g/mol. The van der Waals surface area contributed by atoms with Crippen LogP contribution in [0.5, 0.6) is 5.75 Å². The quantitative estimate of drug-likeness (QED) is 0.757. The van der Waals surface area contributed by atoms with E-state index >= 15 is 0 Å². The lowest BCUT2D eigenvalue weighted by Gasteiger charge is -2.07. The minimum atomic E-state index is 0.301. The molecule has 2 saturated heterocycles. The SMILES string of the molecule is c1cc2ccc(OCC3CO3)cc2cc1CCC1CO1. The number of fused-ring (bicyclic) bond motifs is 1. The van der Waals surface area contributed by atoms with Gasteiger partial charge in [-0.3, -0.25) is 0 Å². The molecule has 0 aromatic heterocycles. The van der Waals surface area contributed by atoms with E-state index in [-0.39, 0.29) is 0 Å². The van der Waals surface area contributed by atoms with Crippen molar-refractivity contribution in [2.24, 2.45) is 0 Å². The first-order chi connectivity index (χ1) is 9.87. The summed E-state index contributed by atoms with van der Waals surface area (Å²) in [6, 6.07) is 12.9. The second-order valence-corrected chi connectivity index (χ2v) is 5.60. The van der Waals surface area contributed by atoms with Crippen LogP contribution in [0, 0.1) is 0 Å². The summed E-state index contributed by atoms with van der Waals surface area (Å²) in [5.74, 6) is 0.927. The minimum absolute atomic E-state index is 0.301. The highest BCUT2D eigenvalue weighted by molar-refractivity contribution is 5.84. The van der Waals surface area contributed by atoms with Gasteiger partial charge < -0.3 is 14.2 Å². The van der Waals surface area contributed by atoms with E-state index < -0.39 is 0 Å². The van der Waals surface area contributed by atoms with Crippen molar-refractivity contribution < 1.29 is 14.2 Å². The largest absolute Gasteiger partial charge is 0.491 e. The summed E-state index contributed by atoms with van der Waals surface area (Å²) in [4.78, 5) is 0. The monoisotopic (exact) mass is 270 g/mol. The molecule has 2 atom stereocenters. The number of rotatable bonds is 6. The van der Waals surface area contributed by atoms with E-state index in [2.05, 4.69) is 30.3 Å². The van der Waals surface area contributed by atoms with Gasteiger partial charge in [-0.05, 0) is 41.3 Å². The van der Waals surface area contributed by atoms with Gasteiger partial charge >= 0.3 is 0 Å². The van der Waals surface area contributed by atoms with Gasteiger partial charge in [0.15, 0.2) is 0 Å². The Balaban J connectivity index is 1.50. The average Bonchev–Trinajstić information content (AvgIpc) is 3.37. The number of hydrogen-bond donors (Lipinski definition) is 0. The first-order valence-electron chi connectivity index (χ1n) is 7.25. The molecule has 3 heteroatoms. The molecule has 0 amide bonds. The standard InChI is InChI=1S/C17H18O3/c1-3-13-4-6-15(18-10-17-11-20-17)8-14(13)7-12(1)2-5-16-9-19-16/h1,3-4,6-8,16-17H,2,5,9-11H2. The van der Waals surface area contributed by atoms with Crippen molar-refractivity contribution in [3.05, 3.63) is 42.0 Å². The van der Waals surface area contributed by atoms with Crippen LogP contribution in [0.2, 0.25) is 0 Å². The minimum Gasteiger partial charge on any atom is -0.491 e. The highest BCUT2D eigenvalue weighted by atomic mass is 16.6. The van der Waals surface area contributed by atoms with Gasteiger partial charge in [0, 0.05) is 0 Å². The Kier molecular flexibility index (Phi) is 3.09. The molecule has 2 aliphatic rings. The lowest BCUT2D eigenvalue weighted by molar-refractivity contribution is 0.263. The van der Waals surface area contributed by atoms with E-state index in [1.54, 1.807) is 0 Å². The first-order valence-corrected chi connectivity index (χ1v) is 7.25. The molecule has 2 unspecified atom stereocenters. The summed E-state index contributed by atoms with van der Waals surface area (Å²) in [7, 11) is 0. The number of epoxide rings is 2. The van der Waals surface area contributed by atoms with E-state index in [1.165, 1.54) is 16.3 Å². The predicted octanol–water partition coefficient (Wildman–Crippen LogP) is 2.95. The van der Waals surface area contributed by atoms with Gasteiger partial charge in [-0.15, -0.1) is 0 Å². The van der Waals surface area contributed by atoms with Gasteiger partial charge in [0.1, 0.15) is 18.5 Å². The van der Waals surface area contributed by atoms with Crippen LogP contribution in [0.15, 0.2) is 36.4 Å². The van der Waals surface area contributed by atoms with Crippen LogP contribution >= 0.6 is 0 Å². The molecular formula is C17H18O3. The van der Waals surface area contributed by atoms with Crippen LogP contribution in [-0.2, 0) is 15.9 Å². The molecule has 2 aromatic carbocycles. The van der Waals surface area contributed by atoms with Crippen molar-refractivity contribution in [1.82, 2.24) is 0 Å². The molecule has 2 aromatic rings. The first kappa shape index (κ1) is 12.2. The lowest BCUT2D eigenvalue weighted by atomic mass is 10.0. The Morgan fingerprint density at radius 3 is 2.55 bits per heavy atom. The molecule has 2 aliphatic heterocycles. The van der Waals surface area contributed by atoms with Gasteiger partial charge in [-0.1, -0.05) is 24.3 Å². The molecule has 104 valence electrons. The maximum atomic E-state index is 5.74. The Hall–Kier alpha value is -1.58. The lowest BCUT2D eigenvalue weighted by Crippen LogP contribution is -2.03. The third-order valence-corrected chi connectivity index (χ3v) is 3.87. The molecule has 20 heavy (non-hydrogen) atoms. The highest BCUT2D eigenvalue weighted by Gasteiger charge is 2.23. The predicted molar refractivity (Wildman–Crippen MR) is 77.2 cm³/mol. The topological polar surface area (TPSA) is 34.3 Å². The Labute approximate surface area is 118 Å². The molecule has 0 bridgehead atoms. The molecule has 3 nitrogen and oxygen atoms in total. The van der Waals surface area contributed by atoms with Crippen molar-refractivity contribution >= 4 is 10.8 Å². The van der Waals surface area contributed by atoms with E-state index in [0.717, 1.165) is 31.8 Å². The zero-order valence-corrected chi connectivity index (χ0v) is 11.4. The second kappa shape index (κ2) is 5.08. The number of ether oxygens (including phenoxy) is 3. The Bertz CT molecular complexity index is 564. The van der Waals surface area contributed by atoms with Crippen LogP contribution < -0.4 is 4.74 Å². The maximum absolute atomic E-state index is 5.74. The smallest absolute Gasteiger partial charge is 0.120 e. The number of aryl methyl sites for hydroxylation is 1. The van der Waals surface area contributed by atoms with Crippen LogP contribution in [0.1, 0.15) is 12.0 Å². The molecule has 2 heterocycles. The van der Waals surface area contributed by atoms with E-state index in [0.29, 0.717) is 18.8 Å². The Morgan fingerprint density at radius 2 is 1.75 bits per heavy atom. The molecule has 0 spiro atoms. The fourth-order valence-electron chi connectivity index (χ4n) is 2.44. The van der Waals surface area contributed by atoms with Crippen molar-refractivity contribution in [3.8, 4) is 5.75 Å². The van der Waals surface area contributed by atoms with Gasteiger partial charge in [0.05, 0.1) is 19.3 Å².